The Morgan fingerprint density at radius 1 is 1.10 bits per heavy atom. The van der Waals surface area contributed by atoms with E-state index in [0.717, 1.165) is 18.3 Å². The number of halogens is 2. The van der Waals surface area contributed by atoms with E-state index >= 15 is 0 Å². The largest absolute Gasteiger partial charge is 0.326 e. The number of pyridine rings is 1. The molecule has 0 fully saturated rings. The molecule has 0 saturated carbocycles. The summed E-state index contributed by atoms with van der Waals surface area (Å²) in [7, 11) is 0. The number of hydrogen-bond donors (Lipinski definition) is 2. The Morgan fingerprint density at radius 2 is 1.86 bits per heavy atom. The minimum absolute atomic E-state index is 0.0840. The molecule has 0 aliphatic rings. The standard InChI is InChI=1S/C14H11F2N3O2/c1-8(20)18-10-3-4-11(15)12(6-10)19-14(21)9-2-5-13(16)17-7-9/h2-7H,1H3,(H,18,20)(H,19,21). The van der Waals surface area contributed by atoms with E-state index in [2.05, 4.69) is 15.6 Å². The van der Waals surface area contributed by atoms with Crippen molar-refractivity contribution in [3.63, 3.8) is 0 Å². The molecule has 0 aliphatic heterocycles. The van der Waals surface area contributed by atoms with Gasteiger partial charge in [-0.15, -0.1) is 0 Å². The van der Waals surface area contributed by atoms with Gasteiger partial charge in [-0.2, -0.15) is 4.39 Å². The van der Waals surface area contributed by atoms with E-state index in [0.29, 0.717) is 5.69 Å². The zero-order chi connectivity index (χ0) is 15.4. The molecule has 0 spiro atoms. The van der Waals surface area contributed by atoms with E-state index in [-0.39, 0.29) is 17.2 Å². The third-order valence-electron chi connectivity index (χ3n) is 2.52. The highest BCUT2D eigenvalue weighted by Gasteiger charge is 2.11. The van der Waals surface area contributed by atoms with Gasteiger partial charge in [-0.1, -0.05) is 0 Å². The summed E-state index contributed by atoms with van der Waals surface area (Å²) in [6, 6.07) is 6.02. The lowest BCUT2D eigenvalue weighted by atomic mass is 10.2. The Bertz CT molecular complexity index is 687. The quantitative estimate of drug-likeness (QED) is 0.854. The summed E-state index contributed by atoms with van der Waals surface area (Å²) in [6.45, 7) is 1.31. The Labute approximate surface area is 119 Å². The molecule has 2 amide bonds. The van der Waals surface area contributed by atoms with Gasteiger partial charge < -0.3 is 10.6 Å². The lowest BCUT2D eigenvalue weighted by Crippen LogP contribution is -2.14. The minimum Gasteiger partial charge on any atom is -0.326 e. The Morgan fingerprint density at radius 3 is 2.48 bits per heavy atom. The summed E-state index contributed by atoms with van der Waals surface area (Å²) in [5, 5.41) is 4.81. The van der Waals surface area contributed by atoms with Gasteiger partial charge in [-0.3, -0.25) is 9.59 Å². The summed E-state index contributed by atoms with van der Waals surface area (Å²) in [5.74, 6) is -2.33. The van der Waals surface area contributed by atoms with Crippen LogP contribution < -0.4 is 10.6 Å². The smallest absolute Gasteiger partial charge is 0.257 e. The van der Waals surface area contributed by atoms with E-state index in [4.69, 9.17) is 0 Å². The molecule has 21 heavy (non-hydrogen) atoms. The molecule has 1 heterocycles. The summed E-state index contributed by atoms with van der Waals surface area (Å²) in [4.78, 5) is 26.2. The fraction of sp³-hybridized carbons (Fsp3) is 0.0714. The maximum absolute atomic E-state index is 13.6. The zero-order valence-electron chi connectivity index (χ0n) is 11.0. The number of benzene rings is 1. The average Bonchev–Trinajstić information content (AvgIpc) is 2.42. The van der Waals surface area contributed by atoms with Gasteiger partial charge in [0.25, 0.3) is 5.91 Å². The fourth-order valence-electron chi connectivity index (χ4n) is 1.61. The van der Waals surface area contributed by atoms with Crippen LogP contribution >= 0.6 is 0 Å². The maximum Gasteiger partial charge on any atom is 0.257 e. The third-order valence-corrected chi connectivity index (χ3v) is 2.52. The van der Waals surface area contributed by atoms with Gasteiger partial charge in [0.2, 0.25) is 11.9 Å². The van der Waals surface area contributed by atoms with Crippen LogP contribution in [0.5, 0.6) is 0 Å². The van der Waals surface area contributed by atoms with Crippen LogP contribution in [0.1, 0.15) is 17.3 Å². The summed E-state index contributed by atoms with van der Waals surface area (Å²) < 4.78 is 26.3. The van der Waals surface area contributed by atoms with Crippen LogP contribution in [-0.4, -0.2) is 16.8 Å². The Balaban J connectivity index is 2.20. The fourth-order valence-corrected chi connectivity index (χ4v) is 1.61. The van der Waals surface area contributed by atoms with E-state index in [9.17, 15) is 18.4 Å². The molecule has 2 N–H and O–H groups in total. The van der Waals surface area contributed by atoms with Gasteiger partial charge >= 0.3 is 0 Å². The van der Waals surface area contributed by atoms with Crippen LogP contribution in [0.15, 0.2) is 36.5 Å². The number of nitrogens with zero attached hydrogens (tertiary/aromatic N) is 1. The topological polar surface area (TPSA) is 71.1 Å². The van der Waals surface area contributed by atoms with Crippen molar-refractivity contribution in [1.29, 1.82) is 0 Å². The van der Waals surface area contributed by atoms with E-state index in [1.54, 1.807) is 0 Å². The van der Waals surface area contributed by atoms with Crippen molar-refractivity contribution in [2.75, 3.05) is 10.6 Å². The molecular formula is C14H11F2N3O2. The van der Waals surface area contributed by atoms with Gasteiger partial charge in [0.15, 0.2) is 0 Å². The van der Waals surface area contributed by atoms with Crippen molar-refractivity contribution in [1.82, 2.24) is 4.98 Å². The molecular weight excluding hydrogens is 280 g/mol. The average molecular weight is 291 g/mol. The Hall–Kier alpha value is -2.83. The highest BCUT2D eigenvalue weighted by molar-refractivity contribution is 6.04. The number of rotatable bonds is 3. The van der Waals surface area contributed by atoms with Gasteiger partial charge in [0, 0.05) is 18.8 Å². The van der Waals surface area contributed by atoms with E-state index in [1.807, 2.05) is 0 Å². The molecule has 0 saturated heterocycles. The van der Waals surface area contributed by atoms with E-state index in [1.165, 1.54) is 25.1 Å². The number of nitrogens with one attached hydrogen (secondary N) is 2. The number of hydrogen-bond acceptors (Lipinski definition) is 3. The zero-order valence-corrected chi connectivity index (χ0v) is 11.0. The van der Waals surface area contributed by atoms with Gasteiger partial charge in [0.05, 0.1) is 11.3 Å². The van der Waals surface area contributed by atoms with Crippen molar-refractivity contribution in [2.24, 2.45) is 0 Å². The first-order valence-corrected chi connectivity index (χ1v) is 5.96. The molecule has 0 bridgehead atoms. The molecule has 2 rings (SSSR count). The summed E-state index contributed by atoms with van der Waals surface area (Å²) in [5.41, 5.74) is 0.327. The van der Waals surface area contributed by atoms with Crippen LogP contribution in [0.3, 0.4) is 0 Å². The maximum atomic E-state index is 13.6. The van der Waals surface area contributed by atoms with Crippen LogP contribution in [0.2, 0.25) is 0 Å². The summed E-state index contributed by atoms with van der Waals surface area (Å²) >= 11 is 0. The van der Waals surface area contributed by atoms with Crippen molar-refractivity contribution in [3.8, 4) is 0 Å². The highest BCUT2D eigenvalue weighted by Crippen LogP contribution is 2.20. The van der Waals surface area contributed by atoms with E-state index < -0.39 is 17.7 Å². The molecule has 0 radical (unpaired) electrons. The summed E-state index contributed by atoms with van der Waals surface area (Å²) in [6.07, 6.45) is 1.04. The second-order valence-corrected chi connectivity index (χ2v) is 4.20. The predicted octanol–water partition coefficient (Wildman–Crippen LogP) is 2.57. The molecule has 2 aromatic rings. The van der Waals surface area contributed by atoms with Crippen LogP contribution in [0.4, 0.5) is 20.2 Å². The van der Waals surface area contributed by atoms with Crippen molar-refractivity contribution < 1.29 is 18.4 Å². The van der Waals surface area contributed by atoms with Gasteiger partial charge in [-0.05, 0) is 30.3 Å². The van der Waals surface area contributed by atoms with Gasteiger partial charge in [0.1, 0.15) is 5.82 Å². The van der Waals surface area contributed by atoms with Crippen molar-refractivity contribution >= 4 is 23.2 Å². The van der Waals surface area contributed by atoms with Gasteiger partial charge in [-0.25, -0.2) is 9.37 Å². The highest BCUT2D eigenvalue weighted by atomic mass is 19.1. The normalized spacial score (nSPS) is 10.0. The Kier molecular flexibility index (Phi) is 4.22. The first-order valence-electron chi connectivity index (χ1n) is 5.96. The minimum atomic E-state index is -0.717. The predicted molar refractivity (Wildman–Crippen MR) is 72.9 cm³/mol. The molecule has 0 aliphatic carbocycles. The molecule has 0 unspecified atom stereocenters. The first-order chi connectivity index (χ1) is 9.95. The monoisotopic (exact) mass is 291 g/mol. The number of carbonyl (C=O) groups is 2. The molecule has 0 atom stereocenters. The lowest BCUT2D eigenvalue weighted by molar-refractivity contribution is -0.114. The number of anilines is 2. The van der Waals surface area contributed by atoms with Crippen molar-refractivity contribution in [2.45, 2.75) is 6.92 Å². The SMILES string of the molecule is CC(=O)Nc1ccc(F)c(NC(=O)c2ccc(F)nc2)c1. The van der Waals surface area contributed by atoms with Crippen LogP contribution in [-0.2, 0) is 4.79 Å². The molecule has 1 aromatic carbocycles. The molecule has 7 heteroatoms. The number of aromatic nitrogens is 1. The molecule has 108 valence electrons. The second-order valence-electron chi connectivity index (χ2n) is 4.20. The third kappa shape index (κ3) is 3.82. The van der Waals surface area contributed by atoms with Crippen LogP contribution in [0.25, 0.3) is 0 Å². The first kappa shape index (κ1) is 14.6. The lowest BCUT2D eigenvalue weighted by Gasteiger charge is -2.09. The molecule has 5 nitrogen and oxygen atoms in total. The number of carbonyl (C=O) groups excluding carboxylic acids is 2. The number of amides is 2. The van der Waals surface area contributed by atoms with Crippen molar-refractivity contribution in [3.05, 3.63) is 53.9 Å². The molecule has 1 aromatic heterocycles. The second kappa shape index (κ2) is 6.08. The van der Waals surface area contributed by atoms with Crippen LogP contribution in [0, 0.1) is 11.8 Å².